The van der Waals surface area contributed by atoms with E-state index in [4.69, 9.17) is 10.3 Å². The first-order valence-corrected chi connectivity index (χ1v) is 4.45. The predicted octanol–water partition coefficient (Wildman–Crippen LogP) is 2.16. The monoisotopic (exact) mass is 247 g/mol. The lowest BCUT2D eigenvalue weighted by Crippen LogP contribution is -2.16. The highest BCUT2D eigenvalue weighted by molar-refractivity contribution is 6.35. The van der Waals surface area contributed by atoms with Crippen molar-refractivity contribution < 1.29 is 28.3 Å². The van der Waals surface area contributed by atoms with Crippen molar-refractivity contribution in [3.05, 3.63) is 35.4 Å². The molecule has 7 heteroatoms. The van der Waals surface area contributed by atoms with Gasteiger partial charge in [0, 0.05) is 6.42 Å². The zero-order valence-corrected chi connectivity index (χ0v) is 8.40. The number of carboxylic acids is 1. The summed E-state index contributed by atoms with van der Waals surface area (Å²) in [5.41, 5.74) is -1.04. The smallest absolute Gasteiger partial charge is 0.416 e. The van der Waals surface area contributed by atoms with Crippen LogP contribution in [0.1, 0.15) is 11.1 Å². The Morgan fingerprint density at radius 3 is 2.12 bits per heavy atom. The van der Waals surface area contributed by atoms with Crippen molar-refractivity contribution in [2.24, 2.45) is 5.16 Å². The SMILES string of the molecule is O=C(O)C(Cc1ccc(C(F)(F)F)cc1)=NO. The third-order valence-electron chi connectivity index (χ3n) is 2.02. The van der Waals surface area contributed by atoms with Gasteiger partial charge < -0.3 is 10.3 Å². The number of nitrogens with zero attached hydrogens (tertiary/aromatic N) is 1. The maximum absolute atomic E-state index is 12.2. The second-order valence-corrected chi connectivity index (χ2v) is 3.22. The van der Waals surface area contributed by atoms with E-state index in [2.05, 4.69) is 5.16 Å². The Bertz CT molecular complexity index is 437. The minimum atomic E-state index is -4.43. The summed E-state index contributed by atoms with van der Waals surface area (Å²) in [6.07, 6.45) is -4.68. The highest BCUT2D eigenvalue weighted by Gasteiger charge is 2.30. The van der Waals surface area contributed by atoms with E-state index in [1.165, 1.54) is 0 Å². The zero-order chi connectivity index (χ0) is 13.1. The van der Waals surface area contributed by atoms with Gasteiger partial charge in [-0.05, 0) is 17.7 Å². The van der Waals surface area contributed by atoms with E-state index in [1.807, 2.05) is 0 Å². The van der Waals surface area contributed by atoms with E-state index in [-0.39, 0.29) is 6.42 Å². The number of carboxylic acid groups (broad SMARTS) is 1. The number of halogens is 3. The van der Waals surface area contributed by atoms with Crippen molar-refractivity contribution in [3.63, 3.8) is 0 Å². The van der Waals surface area contributed by atoms with Gasteiger partial charge in [0.05, 0.1) is 5.56 Å². The molecule has 1 aromatic carbocycles. The quantitative estimate of drug-likeness (QED) is 0.488. The van der Waals surface area contributed by atoms with Crippen LogP contribution in [0.15, 0.2) is 29.4 Å². The van der Waals surface area contributed by atoms with Crippen LogP contribution in [0.2, 0.25) is 0 Å². The normalized spacial score (nSPS) is 12.5. The fourth-order valence-electron chi connectivity index (χ4n) is 1.16. The number of hydrogen-bond donors (Lipinski definition) is 2. The van der Waals surface area contributed by atoms with Gasteiger partial charge in [0.15, 0.2) is 5.71 Å². The fourth-order valence-corrected chi connectivity index (χ4v) is 1.16. The standard InChI is InChI=1S/C10H8F3NO3/c11-10(12,13)7-3-1-6(2-4-7)5-8(14-17)9(15)16/h1-4,17H,5H2,(H,15,16). The van der Waals surface area contributed by atoms with E-state index >= 15 is 0 Å². The molecule has 92 valence electrons. The molecule has 0 heterocycles. The second-order valence-electron chi connectivity index (χ2n) is 3.22. The molecular formula is C10H8F3NO3. The molecule has 0 aliphatic carbocycles. The number of benzene rings is 1. The lowest BCUT2D eigenvalue weighted by Gasteiger charge is -2.07. The molecule has 0 spiro atoms. The Morgan fingerprint density at radius 1 is 1.24 bits per heavy atom. The molecule has 0 amide bonds. The van der Waals surface area contributed by atoms with E-state index in [0.29, 0.717) is 5.56 Å². The van der Waals surface area contributed by atoms with Crippen molar-refractivity contribution in [1.29, 1.82) is 0 Å². The Morgan fingerprint density at radius 2 is 1.76 bits per heavy atom. The summed E-state index contributed by atoms with van der Waals surface area (Å²) in [6, 6.07) is 3.95. The van der Waals surface area contributed by atoms with Gasteiger partial charge in [-0.25, -0.2) is 4.79 Å². The molecule has 0 aliphatic heterocycles. The van der Waals surface area contributed by atoms with Crippen molar-refractivity contribution in [2.75, 3.05) is 0 Å². The molecule has 17 heavy (non-hydrogen) atoms. The van der Waals surface area contributed by atoms with Gasteiger partial charge in [-0.15, -0.1) is 0 Å². The van der Waals surface area contributed by atoms with Crippen LogP contribution in [0, 0.1) is 0 Å². The number of hydrogen-bond acceptors (Lipinski definition) is 3. The third-order valence-corrected chi connectivity index (χ3v) is 2.02. The topological polar surface area (TPSA) is 69.9 Å². The summed E-state index contributed by atoms with van der Waals surface area (Å²) in [5.74, 6) is -1.42. The Balaban J connectivity index is 2.86. The van der Waals surface area contributed by atoms with Crippen LogP contribution in [-0.2, 0) is 17.4 Å². The average molecular weight is 247 g/mol. The summed E-state index contributed by atoms with van der Waals surface area (Å²) in [7, 11) is 0. The molecule has 0 aliphatic rings. The zero-order valence-electron chi connectivity index (χ0n) is 8.40. The van der Waals surface area contributed by atoms with E-state index in [1.54, 1.807) is 0 Å². The molecule has 0 saturated carbocycles. The van der Waals surface area contributed by atoms with Gasteiger partial charge in [-0.1, -0.05) is 17.3 Å². The second kappa shape index (κ2) is 4.86. The molecule has 2 N–H and O–H groups in total. The van der Waals surface area contributed by atoms with Gasteiger partial charge in [0.2, 0.25) is 0 Å². The Kier molecular flexibility index (Phi) is 3.72. The van der Waals surface area contributed by atoms with Crippen molar-refractivity contribution >= 4 is 11.7 Å². The van der Waals surface area contributed by atoms with Gasteiger partial charge in [0.25, 0.3) is 0 Å². The molecule has 1 aromatic rings. The molecular weight excluding hydrogens is 239 g/mol. The molecule has 0 saturated heterocycles. The molecule has 0 aromatic heterocycles. The lowest BCUT2D eigenvalue weighted by atomic mass is 10.1. The molecule has 1 rings (SSSR count). The minimum Gasteiger partial charge on any atom is -0.477 e. The van der Waals surface area contributed by atoms with Gasteiger partial charge in [-0.3, -0.25) is 0 Å². The van der Waals surface area contributed by atoms with Crippen LogP contribution in [0.4, 0.5) is 13.2 Å². The van der Waals surface area contributed by atoms with Crippen LogP contribution < -0.4 is 0 Å². The number of oxime groups is 1. The summed E-state index contributed by atoms with van der Waals surface area (Å²) in [4.78, 5) is 10.5. The molecule has 0 unspecified atom stereocenters. The average Bonchev–Trinajstić information content (AvgIpc) is 2.25. The maximum atomic E-state index is 12.2. The highest BCUT2D eigenvalue weighted by atomic mass is 19.4. The minimum absolute atomic E-state index is 0.246. The fraction of sp³-hybridized carbons (Fsp3) is 0.200. The van der Waals surface area contributed by atoms with Crippen LogP contribution in [-0.4, -0.2) is 22.0 Å². The number of carbonyl (C=O) groups is 1. The van der Waals surface area contributed by atoms with Crippen LogP contribution in [0.5, 0.6) is 0 Å². The first kappa shape index (κ1) is 13.0. The van der Waals surface area contributed by atoms with Gasteiger partial charge in [-0.2, -0.15) is 13.2 Å². The third kappa shape index (κ3) is 3.47. The van der Waals surface area contributed by atoms with Crippen LogP contribution >= 0.6 is 0 Å². The van der Waals surface area contributed by atoms with Crippen molar-refractivity contribution in [2.45, 2.75) is 12.6 Å². The molecule has 0 radical (unpaired) electrons. The van der Waals surface area contributed by atoms with E-state index in [9.17, 15) is 18.0 Å². The lowest BCUT2D eigenvalue weighted by molar-refractivity contribution is -0.137. The summed E-state index contributed by atoms with van der Waals surface area (Å²) >= 11 is 0. The largest absolute Gasteiger partial charge is 0.477 e. The van der Waals surface area contributed by atoms with Gasteiger partial charge >= 0.3 is 12.1 Å². The number of aliphatic carboxylic acids is 1. The van der Waals surface area contributed by atoms with E-state index in [0.717, 1.165) is 24.3 Å². The predicted molar refractivity (Wildman–Crippen MR) is 52.0 cm³/mol. The number of rotatable bonds is 3. The van der Waals surface area contributed by atoms with Crippen LogP contribution in [0.3, 0.4) is 0 Å². The first-order chi connectivity index (χ1) is 7.84. The Labute approximate surface area is 94.0 Å². The summed E-state index contributed by atoms with van der Waals surface area (Å²) < 4.78 is 36.7. The molecule has 0 bridgehead atoms. The maximum Gasteiger partial charge on any atom is 0.416 e. The van der Waals surface area contributed by atoms with Crippen molar-refractivity contribution in [1.82, 2.24) is 0 Å². The van der Waals surface area contributed by atoms with E-state index < -0.39 is 23.4 Å². The molecule has 0 atom stereocenters. The number of alkyl halides is 3. The highest BCUT2D eigenvalue weighted by Crippen LogP contribution is 2.29. The van der Waals surface area contributed by atoms with Crippen LogP contribution in [0.25, 0.3) is 0 Å². The first-order valence-electron chi connectivity index (χ1n) is 4.45. The van der Waals surface area contributed by atoms with Crippen molar-refractivity contribution in [3.8, 4) is 0 Å². The summed E-state index contributed by atoms with van der Waals surface area (Å²) in [6.45, 7) is 0. The Hall–Kier alpha value is -2.05. The molecule has 4 nitrogen and oxygen atoms in total. The molecule has 0 fully saturated rings. The summed E-state index contributed by atoms with van der Waals surface area (Å²) in [5, 5.41) is 19.5. The van der Waals surface area contributed by atoms with Gasteiger partial charge in [0.1, 0.15) is 0 Å².